The van der Waals surface area contributed by atoms with Gasteiger partial charge in [0.15, 0.2) is 5.82 Å². The van der Waals surface area contributed by atoms with Gasteiger partial charge in [-0.3, -0.25) is 9.59 Å². The normalized spacial score (nSPS) is 13.7. The standard InChI is InChI=1S/C21H28N4O3/c1-2-7-18-23-20(28-24-18)11-6-10-19(26)22-15-16-8-5-9-17(14-16)21(27)25-12-3-4-13-25/h5,8-9,14H,2-4,6-7,10-13,15H2,1H3,(H,22,26). The van der Waals surface area contributed by atoms with Crippen LogP contribution >= 0.6 is 0 Å². The van der Waals surface area contributed by atoms with E-state index in [0.717, 1.165) is 50.2 Å². The van der Waals surface area contributed by atoms with Gasteiger partial charge in [0.05, 0.1) is 0 Å². The first-order chi connectivity index (χ1) is 13.7. The fourth-order valence-electron chi connectivity index (χ4n) is 3.32. The number of rotatable bonds is 9. The Morgan fingerprint density at radius 3 is 2.82 bits per heavy atom. The summed E-state index contributed by atoms with van der Waals surface area (Å²) in [6.45, 7) is 4.15. The lowest BCUT2D eigenvalue weighted by molar-refractivity contribution is -0.121. The van der Waals surface area contributed by atoms with Crippen LogP contribution in [0.2, 0.25) is 0 Å². The van der Waals surface area contributed by atoms with E-state index in [2.05, 4.69) is 22.4 Å². The van der Waals surface area contributed by atoms with Gasteiger partial charge in [-0.1, -0.05) is 24.2 Å². The second-order valence-electron chi connectivity index (χ2n) is 7.18. The highest BCUT2D eigenvalue weighted by Crippen LogP contribution is 2.14. The van der Waals surface area contributed by atoms with Crippen LogP contribution in [0, 0.1) is 0 Å². The van der Waals surface area contributed by atoms with Crippen molar-refractivity contribution in [3.63, 3.8) is 0 Å². The first-order valence-corrected chi connectivity index (χ1v) is 10.1. The molecule has 2 heterocycles. The van der Waals surface area contributed by atoms with Crippen LogP contribution in [-0.4, -0.2) is 39.9 Å². The van der Waals surface area contributed by atoms with E-state index in [1.807, 2.05) is 29.2 Å². The van der Waals surface area contributed by atoms with Crippen LogP contribution in [0.5, 0.6) is 0 Å². The van der Waals surface area contributed by atoms with Gasteiger partial charge in [0.25, 0.3) is 5.91 Å². The minimum absolute atomic E-state index is 0.0235. The Balaban J connectivity index is 1.41. The topological polar surface area (TPSA) is 88.3 Å². The highest BCUT2D eigenvalue weighted by atomic mass is 16.5. The van der Waals surface area contributed by atoms with Gasteiger partial charge in [-0.25, -0.2) is 0 Å². The Morgan fingerprint density at radius 1 is 1.21 bits per heavy atom. The summed E-state index contributed by atoms with van der Waals surface area (Å²) in [6.07, 6.45) is 5.60. The molecule has 1 fully saturated rings. The first-order valence-electron chi connectivity index (χ1n) is 10.1. The zero-order chi connectivity index (χ0) is 19.8. The Labute approximate surface area is 165 Å². The van der Waals surface area contributed by atoms with Crippen LogP contribution in [0.4, 0.5) is 0 Å². The summed E-state index contributed by atoms with van der Waals surface area (Å²) in [5.74, 6) is 1.37. The van der Waals surface area contributed by atoms with Crippen LogP contribution in [0.1, 0.15) is 66.7 Å². The van der Waals surface area contributed by atoms with Crippen molar-refractivity contribution < 1.29 is 14.1 Å². The maximum absolute atomic E-state index is 12.5. The molecule has 150 valence electrons. The summed E-state index contributed by atoms with van der Waals surface area (Å²) in [4.78, 5) is 30.8. The number of likely N-dealkylation sites (tertiary alicyclic amines) is 1. The molecule has 0 saturated carbocycles. The lowest BCUT2D eigenvalue weighted by Gasteiger charge is -2.15. The molecule has 0 aliphatic carbocycles. The number of hydrogen-bond donors (Lipinski definition) is 1. The third-order valence-corrected chi connectivity index (χ3v) is 4.84. The molecule has 1 saturated heterocycles. The van der Waals surface area contributed by atoms with Crippen molar-refractivity contribution in [2.24, 2.45) is 0 Å². The molecule has 0 radical (unpaired) electrons. The van der Waals surface area contributed by atoms with Gasteiger partial charge in [-0.15, -0.1) is 0 Å². The summed E-state index contributed by atoms with van der Waals surface area (Å²) in [5, 5.41) is 6.83. The molecular weight excluding hydrogens is 356 g/mol. The molecule has 1 aliphatic rings. The maximum atomic E-state index is 12.5. The number of carbonyl (C=O) groups is 2. The smallest absolute Gasteiger partial charge is 0.253 e. The molecule has 1 aromatic carbocycles. The van der Waals surface area contributed by atoms with Crippen LogP contribution in [0.25, 0.3) is 0 Å². The molecule has 7 heteroatoms. The van der Waals surface area contributed by atoms with Gasteiger partial charge in [-0.05, 0) is 43.4 Å². The van der Waals surface area contributed by atoms with Gasteiger partial charge in [0, 0.05) is 44.5 Å². The zero-order valence-corrected chi connectivity index (χ0v) is 16.4. The lowest BCUT2D eigenvalue weighted by Crippen LogP contribution is -2.28. The molecule has 0 bridgehead atoms. The van der Waals surface area contributed by atoms with Crippen LogP contribution < -0.4 is 5.32 Å². The highest BCUT2D eigenvalue weighted by Gasteiger charge is 2.19. The molecule has 0 unspecified atom stereocenters. The van der Waals surface area contributed by atoms with Crippen molar-refractivity contribution in [1.82, 2.24) is 20.4 Å². The highest BCUT2D eigenvalue weighted by molar-refractivity contribution is 5.94. The maximum Gasteiger partial charge on any atom is 0.253 e. The number of nitrogens with one attached hydrogen (secondary N) is 1. The molecule has 2 aromatic rings. The molecule has 1 aromatic heterocycles. The van der Waals surface area contributed by atoms with Crippen LogP contribution in [0.3, 0.4) is 0 Å². The van der Waals surface area contributed by atoms with Crippen molar-refractivity contribution in [1.29, 1.82) is 0 Å². The van der Waals surface area contributed by atoms with E-state index >= 15 is 0 Å². The van der Waals surface area contributed by atoms with E-state index in [4.69, 9.17) is 4.52 Å². The molecule has 0 atom stereocenters. The quantitative estimate of drug-likeness (QED) is 0.718. The SMILES string of the molecule is CCCc1noc(CCCC(=O)NCc2cccc(C(=O)N3CCCC3)c2)n1. The molecule has 28 heavy (non-hydrogen) atoms. The largest absolute Gasteiger partial charge is 0.352 e. The zero-order valence-electron chi connectivity index (χ0n) is 16.4. The molecule has 1 N–H and O–H groups in total. The third kappa shape index (κ3) is 5.65. The number of hydrogen-bond acceptors (Lipinski definition) is 5. The van der Waals surface area contributed by atoms with E-state index < -0.39 is 0 Å². The summed E-state index contributed by atoms with van der Waals surface area (Å²) in [7, 11) is 0. The van der Waals surface area contributed by atoms with E-state index in [1.54, 1.807) is 0 Å². The summed E-state index contributed by atoms with van der Waals surface area (Å²) in [5.41, 5.74) is 1.62. The minimum Gasteiger partial charge on any atom is -0.352 e. The first kappa shape index (κ1) is 20.0. The van der Waals surface area contributed by atoms with Crippen molar-refractivity contribution >= 4 is 11.8 Å². The number of carbonyl (C=O) groups excluding carboxylic acids is 2. The second kappa shape index (κ2) is 10.0. The van der Waals surface area contributed by atoms with Crippen molar-refractivity contribution in [3.05, 3.63) is 47.1 Å². The molecule has 7 nitrogen and oxygen atoms in total. The van der Waals surface area contributed by atoms with Crippen LogP contribution in [0.15, 0.2) is 28.8 Å². The van der Waals surface area contributed by atoms with E-state index in [9.17, 15) is 9.59 Å². The van der Waals surface area contributed by atoms with E-state index in [0.29, 0.717) is 37.3 Å². The van der Waals surface area contributed by atoms with Crippen molar-refractivity contribution in [3.8, 4) is 0 Å². The van der Waals surface area contributed by atoms with Crippen molar-refractivity contribution in [2.45, 2.75) is 58.4 Å². The second-order valence-corrected chi connectivity index (χ2v) is 7.18. The van der Waals surface area contributed by atoms with Crippen LogP contribution in [-0.2, 0) is 24.2 Å². The van der Waals surface area contributed by atoms with Gasteiger partial charge < -0.3 is 14.7 Å². The third-order valence-electron chi connectivity index (χ3n) is 4.84. The number of aromatic nitrogens is 2. The van der Waals surface area contributed by atoms with Gasteiger partial charge in [0.1, 0.15) is 0 Å². The Bertz CT molecular complexity index is 796. The monoisotopic (exact) mass is 384 g/mol. The Kier molecular flexibility index (Phi) is 7.17. The number of amides is 2. The molecule has 1 aliphatic heterocycles. The van der Waals surface area contributed by atoms with Gasteiger partial charge in [-0.2, -0.15) is 4.98 Å². The molecule has 0 spiro atoms. The summed E-state index contributed by atoms with van der Waals surface area (Å²) < 4.78 is 5.18. The predicted molar refractivity (Wildman–Crippen MR) is 105 cm³/mol. The van der Waals surface area contributed by atoms with E-state index in [-0.39, 0.29) is 11.8 Å². The molecule has 3 rings (SSSR count). The average molecular weight is 384 g/mol. The molecular formula is C21H28N4O3. The fourth-order valence-corrected chi connectivity index (χ4v) is 3.32. The fraction of sp³-hybridized carbons (Fsp3) is 0.524. The summed E-state index contributed by atoms with van der Waals surface area (Å²) in [6, 6.07) is 7.50. The number of nitrogens with zero attached hydrogens (tertiary/aromatic N) is 3. The Morgan fingerprint density at radius 2 is 2.04 bits per heavy atom. The predicted octanol–water partition coefficient (Wildman–Crippen LogP) is 2.90. The van der Waals surface area contributed by atoms with E-state index in [1.165, 1.54) is 0 Å². The summed E-state index contributed by atoms with van der Waals surface area (Å²) >= 11 is 0. The molecule has 2 amide bonds. The Hall–Kier alpha value is -2.70. The lowest BCUT2D eigenvalue weighted by atomic mass is 10.1. The van der Waals surface area contributed by atoms with Crippen molar-refractivity contribution in [2.75, 3.05) is 13.1 Å². The van der Waals surface area contributed by atoms with Gasteiger partial charge >= 0.3 is 0 Å². The minimum atomic E-state index is -0.0235. The number of aryl methyl sites for hydroxylation is 2. The number of benzene rings is 1. The van der Waals surface area contributed by atoms with Gasteiger partial charge in [0.2, 0.25) is 11.8 Å². The average Bonchev–Trinajstić information content (AvgIpc) is 3.39.